The number of pyridine rings is 1. The lowest BCUT2D eigenvalue weighted by atomic mass is 9.93. The molecule has 1 aromatic heterocycles. The van der Waals surface area contributed by atoms with E-state index in [4.69, 9.17) is 4.74 Å². The van der Waals surface area contributed by atoms with Gasteiger partial charge in [0, 0.05) is 23.8 Å². The number of benzene rings is 1. The van der Waals surface area contributed by atoms with Crippen LogP contribution < -0.4 is 10.1 Å². The second-order valence-electron chi connectivity index (χ2n) is 6.83. The third-order valence-corrected chi connectivity index (χ3v) is 4.98. The molecule has 2 fully saturated rings. The zero-order valence-corrected chi connectivity index (χ0v) is 13.0. The highest BCUT2D eigenvalue weighted by atomic mass is 16.5. The smallest absolute Gasteiger partial charge is 0.120 e. The van der Waals surface area contributed by atoms with E-state index >= 15 is 0 Å². The number of hydrogen-bond donors (Lipinski definition) is 1. The van der Waals surface area contributed by atoms with Crippen molar-refractivity contribution in [3.63, 3.8) is 0 Å². The zero-order chi connectivity index (χ0) is 14.8. The molecule has 22 heavy (non-hydrogen) atoms. The number of hydrogen-bond acceptors (Lipinski definition) is 3. The molecule has 0 aliphatic heterocycles. The number of rotatable bonds is 5. The lowest BCUT2D eigenvalue weighted by molar-refractivity contribution is 0.139. The van der Waals surface area contributed by atoms with Crippen LogP contribution in [0.4, 0.5) is 0 Å². The van der Waals surface area contributed by atoms with Crippen molar-refractivity contribution in [2.24, 2.45) is 5.92 Å². The molecule has 116 valence electrons. The third kappa shape index (κ3) is 3.41. The van der Waals surface area contributed by atoms with E-state index in [1.807, 2.05) is 18.5 Å². The van der Waals surface area contributed by atoms with Gasteiger partial charge in [0.2, 0.25) is 0 Å². The van der Waals surface area contributed by atoms with E-state index in [9.17, 15) is 0 Å². The van der Waals surface area contributed by atoms with Crippen LogP contribution in [0.5, 0.6) is 5.75 Å². The van der Waals surface area contributed by atoms with Gasteiger partial charge in [-0.3, -0.25) is 4.98 Å². The van der Waals surface area contributed by atoms with Crippen LogP contribution in [0, 0.1) is 5.92 Å². The number of ether oxygens (including phenoxy) is 1. The van der Waals surface area contributed by atoms with E-state index in [1.165, 1.54) is 43.0 Å². The first kappa shape index (κ1) is 14.0. The van der Waals surface area contributed by atoms with Crippen LogP contribution in [-0.4, -0.2) is 23.7 Å². The summed E-state index contributed by atoms with van der Waals surface area (Å²) < 4.78 is 6.20. The SMILES string of the molecule is c1cc2cc(O[C@H]3CC[C@@H](NCC4CC4)CC3)ccc2cn1. The van der Waals surface area contributed by atoms with Crippen LogP contribution in [0.2, 0.25) is 0 Å². The maximum absolute atomic E-state index is 6.20. The van der Waals surface area contributed by atoms with Crippen molar-refractivity contribution in [1.82, 2.24) is 10.3 Å². The van der Waals surface area contributed by atoms with Crippen molar-refractivity contribution < 1.29 is 4.74 Å². The Kier molecular flexibility index (Phi) is 3.98. The van der Waals surface area contributed by atoms with Gasteiger partial charge in [-0.2, -0.15) is 0 Å². The van der Waals surface area contributed by atoms with Gasteiger partial charge in [0.25, 0.3) is 0 Å². The van der Waals surface area contributed by atoms with E-state index in [1.54, 1.807) is 0 Å². The van der Waals surface area contributed by atoms with Gasteiger partial charge in [0.05, 0.1) is 6.10 Å². The summed E-state index contributed by atoms with van der Waals surface area (Å²) in [5.41, 5.74) is 0. The Labute approximate surface area is 132 Å². The first-order valence-electron chi connectivity index (χ1n) is 8.60. The molecule has 3 nitrogen and oxygen atoms in total. The van der Waals surface area contributed by atoms with E-state index in [0.29, 0.717) is 12.1 Å². The Morgan fingerprint density at radius 3 is 2.68 bits per heavy atom. The first-order chi connectivity index (χ1) is 10.9. The molecule has 2 saturated carbocycles. The Morgan fingerprint density at radius 1 is 1.00 bits per heavy atom. The van der Waals surface area contributed by atoms with E-state index in [-0.39, 0.29) is 0 Å². The fourth-order valence-electron chi connectivity index (χ4n) is 3.37. The molecule has 3 heteroatoms. The van der Waals surface area contributed by atoms with Gasteiger partial charge in [-0.1, -0.05) is 0 Å². The quantitative estimate of drug-likeness (QED) is 0.908. The topological polar surface area (TPSA) is 34.1 Å². The fourth-order valence-corrected chi connectivity index (χ4v) is 3.37. The summed E-state index contributed by atoms with van der Waals surface area (Å²) >= 11 is 0. The van der Waals surface area contributed by atoms with Crippen LogP contribution in [0.3, 0.4) is 0 Å². The average Bonchev–Trinajstić information content (AvgIpc) is 3.38. The van der Waals surface area contributed by atoms with Gasteiger partial charge >= 0.3 is 0 Å². The highest BCUT2D eigenvalue weighted by Gasteiger charge is 2.25. The van der Waals surface area contributed by atoms with Crippen LogP contribution in [0.25, 0.3) is 10.8 Å². The van der Waals surface area contributed by atoms with Gasteiger partial charge in [-0.25, -0.2) is 0 Å². The minimum atomic E-state index is 0.373. The Bertz CT molecular complexity index is 630. The first-order valence-corrected chi connectivity index (χ1v) is 8.60. The summed E-state index contributed by atoms with van der Waals surface area (Å²) in [6.07, 6.45) is 11.8. The van der Waals surface area contributed by atoms with Crippen molar-refractivity contribution in [3.8, 4) is 5.75 Å². The van der Waals surface area contributed by atoms with E-state index < -0.39 is 0 Å². The Morgan fingerprint density at radius 2 is 1.86 bits per heavy atom. The summed E-state index contributed by atoms with van der Waals surface area (Å²) in [4.78, 5) is 4.15. The predicted octanol–water partition coefficient (Wildman–Crippen LogP) is 3.92. The van der Waals surface area contributed by atoms with Crippen molar-refractivity contribution >= 4 is 10.8 Å². The molecule has 0 spiro atoms. The highest BCUT2D eigenvalue weighted by Crippen LogP contribution is 2.29. The molecular weight excluding hydrogens is 272 g/mol. The number of nitrogens with one attached hydrogen (secondary N) is 1. The van der Waals surface area contributed by atoms with Gasteiger partial charge < -0.3 is 10.1 Å². The van der Waals surface area contributed by atoms with Crippen molar-refractivity contribution in [3.05, 3.63) is 36.7 Å². The maximum atomic E-state index is 6.20. The minimum Gasteiger partial charge on any atom is -0.490 e. The summed E-state index contributed by atoms with van der Waals surface area (Å²) in [6.45, 7) is 1.23. The van der Waals surface area contributed by atoms with E-state index in [2.05, 4.69) is 28.5 Å². The Hall–Kier alpha value is -1.61. The summed E-state index contributed by atoms with van der Waals surface area (Å²) in [5.74, 6) is 1.97. The van der Waals surface area contributed by atoms with Crippen LogP contribution in [-0.2, 0) is 0 Å². The molecule has 0 radical (unpaired) electrons. The molecule has 1 aromatic carbocycles. The lowest BCUT2D eigenvalue weighted by Crippen LogP contribution is -2.37. The second kappa shape index (κ2) is 6.25. The van der Waals surface area contributed by atoms with Crippen LogP contribution in [0.1, 0.15) is 38.5 Å². The molecule has 2 aliphatic carbocycles. The molecule has 4 rings (SSSR count). The largest absolute Gasteiger partial charge is 0.490 e. The van der Waals surface area contributed by atoms with Gasteiger partial charge in [-0.15, -0.1) is 0 Å². The monoisotopic (exact) mass is 296 g/mol. The fraction of sp³-hybridized carbons (Fsp3) is 0.526. The van der Waals surface area contributed by atoms with Crippen molar-refractivity contribution in [2.45, 2.75) is 50.7 Å². The molecule has 1 N–H and O–H groups in total. The average molecular weight is 296 g/mol. The van der Waals surface area contributed by atoms with Gasteiger partial charge in [0.15, 0.2) is 0 Å². The Balaban J connectivity index is 1.31. The minimum absolute atomic E-state index is 0.373. The number of aromatic nitrogens is 1. The van der Waals surface area contributed by atoms with Crippen molar-refractivity contribution in [2.75, 3.05) is 6.54 Å². The van der Waals surface area contributed by atoms with Gasteiger partial charge in [-0.05, 0) is 80.6 Å². The lowest BCUT2D eigenvalue weighted by Gasteiger charge is -2.29. The third-order valence-electron chi connectivity index (χ3n) is 4.98. The molecular formula is C19H24N2O. The van der Waals surface area contributed by atoms with Crippen LogP contribution >= 0.6 is 0 Å². The standard InChI is InChI=1S/C19H24N2O/c1-2-14(1)12-21-17-4-7-18(8-5-17)22-19-6-3-16-13-20-10-9-15(16)11-19/h3,6,9-11,13-14,17-18,21H,1-2,4-5,7-8,12H2/t17-,18+. The second-order valence-corrected chi connectivity index (χ2v) is 6.83. The van der Waals surface area contributed by atoms with E-state index in [0.717, 1.165) is 24.5 Å². The molecule has 0 saturated heterocycles. The number of fused-ring (bicyclic) bond motifs is 1. The summed E-state index contributed by atoms with van der Waals surface area (Å²) in [5, 5.41) is 6.10. The summed E-state index contributed by atoms with van der Waals surface area (Å²) in [7, 11) is 0. The highest BCUT2D eigenvalue weighted by molar-refractivity contribution is 5.82. The molecule has 0 unspecified atom stereocenters. The summed E-state index contributed by atoms with van der Waals surface area (Å²) in [6, 6.07) is 9.06. The molecule has 0 bridgehead atoms. The van der Waals surface area contributed by atoms with Crippen molar-refractivity contribution in [1.29, 1.82) is 0 Å². The normalized spacial score (nSPS) is 25.3. The molecule has 0 amide bonds. The molecule has 1 heterocycles. The predicted molar refractivity (Wildman–Crippen MR) is 89.1 cm³/mol. The molecule has 2 aliphatic rings. The van der Waals surface area contributed by atoms with Gasteiger partial charge in [0.1, 0.15) is 5.75 Å². The maximum Gasteiger partial charge on any atom is 0.120 e. The molecule has 2 aromatic rings. The molecule has 0 atom stereocenters. The van der Waals surface area contributed by atoms with Crippen LogP contribution in [0.15, 0.2) is 36.7 Å². The number of nitrogens with zero attached hydrogens (tertiary/aromatic N) is 1. The zero-order valence-electron chi connectivity index (χ0n) is 13.0.